The first-order valence-electron chi connectivity index (χ1n) is 6.74. The topological polar surface area (TPSA) is 38.7 Å². The monoisotopic (exact) mass is 272 g/mol. The van der Waals surface area contributed by atoms with Gasteiger partial charge >= 0.3 is 0 Å². The van der Waals surface area contributed by atoms with Crippen LogP contribution in [0.25, 0.3) is 0 Å². The minimum absolute atomic E-state index is 0.276. The molecule has 20 heavy (non-hydrogen) atoms. The quantitative estimate of drug-likeness (QED) is 0.874. The standard InChI is InChI=1S/C17H20O3/c1-3-20-12-15-11-16(18)7-6-14(15)10-13-4-8-17(19-2)9-5-13/h4-9,11,18H,3,10,12H2,1-2H3. The van der Waals surface area contributed by atoms with Crippen LogP contribution in [-0.4, -0.2) is 18.8 Å². The third-order valence-corrected chi connectivity index (χ3v) is 3.21. The van der Waals surface area contributed by atoms with Crippen molar-refractivity contribution < 1.29 is 14.6 Å². The molecule has 0 unspecified atom stereocenters. The van der Waals surface area contributed by atoms with Crippen molar-refractivity contribution >= 4 is 0 Å². The van der Waals surface area contributed by atoms with Crippen LogP contribution in [0.15, 0.2) is 42.5 Å². The average molecular weight is 272 g/mol. The summed E-state index contributed by atoms with van der Waals surface area (Å²) in [5.41, 5.74) is 3.40. The third kappa shape index (κ3) is 3.75. The van der Waals surface area contributed by atoms with E-state index < -0.39 is 0 Å². The molecule has 2 aromatic carbocycles. The zero-order chi connectivity index (χ0) is 14.4. The van der Waals surface area contributed by atoms with Gasteiger partial charge in [0.15, 0.2) is 0 Å². The Labute approximate surface area is 119 Å². The van der Waals surface area contributed by atoms with Crippen molar-refractivity contribution in [3.8, 4) is 11.5 Å². The second kappa shape index (κ2) is 6.96. The summed E-state index contributed by atoms with van der Waals surface area (Å²) in [6, 6.07) is 13.5. The lowest BCUT2D eigenvalue weighted by atomic mass is 10.00. The molecule has 0 saturated carbocycles. The highest BCUT2D eigenvalue weighted by atomic mass is 16.5. The van der Waals surface area contributed by atoms with Crippen molar-refractivity contribution in [3.63, 3.8) is 0 Å². The fourth-order valence-corrected chi connectivity index (χ4v) is 2.09. The number of hydrogen-bond acceptors (Lipinski definition) is 3. The molecule has 106 valence electrons. The van der Waals surface area contributed by atoms with Crippen LogP contribution in [0.3, 0.4) is 0 Å². The molecule has 1 N–H and O–H groups in total. The molecule has 0 atom stereocenters. The Morgan fingerprint density at radius 3 is 2.40 bits per heavy atom. The van der Waals surface area contributed by atoms with E-state index >= 15 is 0 Å². The van der Waals surface area contributed by atoms with E-state index in [1.165, 1.54) is 11.1 Å². The molecular formula is C17H20O3. The molecule has 0 saturated heterocycles. The highest BCUT2D eigenvalue weighted by Crippen LogP contribution is 2.21. The molecule has 2 rings (SSSR count). The molecule has 0 heterocycles. The van der Waals surface area contributed by atoms with Crippen molar-refractivity contribution in [2.24, 2.45) is 0 Å². The molecule has 0 aliphatic heterocycles. The van der Waals surface area contributed by atoms with Crippen molar-refractivity contribution in [2.75, 3.05) is 13.7 Å². The lowest BCUT2D eigenvalue weighted by Crippen LogP contribution is -1.99. The second-order valence-corrected chi connectivity index (χ2v) is 4.62. The Kier molecular flexibility index (Phi) is 5.02. The van der Waals surface area contributed by atoms with Crippen molar-refractivity contribution in [1.82, 2.24) is 0 Å². The normalized spacial score (nSPS) is 10.5. The summed E-state index contributed by atoms with van der Waals surface area (Å²) in [4.78, 5) is 0. The number of rotatable bonds is 6. The van der Waals surface area contributed by atoms with Gasteiger partial charge in [-0.05, 0) is 54.3 Å². The van der Waals surface area contributed by atoms with Gasteiger partial charge in [0.05, 0.1) is 13.7 Å². The first kappa shape index (κ1) is 14.4. The SMILES string of the molecule is CCOCc1cc(O)ccc1Cc1ccc(OC)cc1. The van der Waals surface area contributed by atoms with Gasteiger partial charge in [-0.15, -0.1) is 0 Å². The summed E-state index contributed by atoms with van der Waals surface area (Å²) in [7, 11) is 1.66. The average Bonchev–Trinajstić information content (AvgIpc) is 2.48. The number of ether oxygens (including phenoxy) is 2. The van der Waals surface area contributed by atoms with Gasteiger partial charge in [0.2, 0.25) is 0 Å². The fourth-order valence-electron chi connectivity index (χ4n) is 2.09. The molecule has 2 aromatic rings. The van der Waals surface area contributed by atoms with E-state index in [0.29, 0.717) is 13.2 Å². The fraction of sp³-hybridized carbons (Fsp3) is 0.294. The van der Waals surface area contributed by atoms with Crippen LogP contribution in [0.1, 0.15) is 23.6 Å². The van der Waals surface area contributed by atoms with E-state index in [2.05, 4.69) is 12.1 Å². The summed E-state index contributed by atoms with van der Waals surface area (Å²) in [5.74, 6) is 1.13. The minimum atomic E-state index is 0.276. The molecular weight excluding hydrogens is 252 g/mol. The molecule has 0 bridgehead atoms. The van der Waals surface area contributed by atoms with Crippen molar-refractivity contribution in [3.05, 3.63) is 59.2 Å². The molecule has 0 spiro atoms. The lowest BCUT2D eigenvalue weighted by Gasteiger charge is -2.11. The maximum absolute atomic E-state index is 9.60. The summed E-state index contributed by atoms with van der Waals surface area (Å²) in [6.45, 7) is 3.15. The molecule has 0 aromatic heterocycles. The zero-order valence-electron chi connectivity index (χ0n) is 11.9. The van der Waals surface area contributed by atoms with E-state index in [4.69, 9.17) is 9.47 Å². The maximum atomic E-state index is 9.60. The van der Waals surface area contributed by atoms with Gasteiger partial charge < -0.3 is 14.6 Å². The Morgan fingerprint density at radius 1 is 1.00 bits per heavy atom. The van der Waals surface area contributed by atoms with Gasteiger partial charge in [0, 0.05) is 6.61 Å². The van der Waals surface area contributed by atoms with E-state index in [9.17, 15) is 5.11 Å². The minimum Gasteiger partial charge on any atom is -0.508 e. The second-order valence-electron chi connectivity index (χ2n) is 4.62. The van der Waals surface area contributed by atoms with Gasteiger partial charge in [0.25, 0.3) is 0 Å². The zero-order valence-corrected chi connectivity index (χ0v) is 11.9. The third-order valence-electron chi connectivity index (χ3n) is 3.21. The number of benzene rings is 2. The van der Waals surface area contributed by atoms with E-state index in [-0.39, 0.29) is 5.75 Å². The first-order valence-corrected chi connectivity index (χ1v) is 6.74. The molecule has 3 nitrogen and oxygen atoms in total. The Hall–Kier alpha value is -2.00. The van der Waals surface area contributed by atoms with Gasteiger partial charge in [-0.1, -0.05) is 18.2 Å². The Morgan fingerprint density at radius 2 is 1.75 bits per heavy atom. The largest absolute Gasteiger partial charge is 0.508 e. The van der Waals surface area contributed by atoms with E-state index in [1.54, 1.807) is 19.2 Å². The van der Waals surface area contributed by atoms with Crippen LogP contribution in [-0.2, 0) is 17.8 Å². The first-order chi connectivity index (χ1) is 9.72. The maximum Gasteiger partial charge on any atom is 0.118 e. The van der Waals surface area contributed by atoms with Gasteiger partial charge in [0.1, 0.15) is 11.5 Å². The molecule has 0 fully saturated rings. The van der Waals surface area contributed by atoms with Crippen molar-refractivity contribution in [2.45, 2.75) is 20.0 Å². The van der Waals surface area contributed by atoms with Crippen LogP contribution >= 0.6 is 0 Å². The summed E-state index contributed by atoms with van der Waals surface area (Å²) >= 11 is 0. The smallest absolute Gasteiger partial charge is 0.118 e. The van der Waals surface area contributed by atoms with Gasteiger partial charge in [-0.2, -0.15) is 0 Å². The van der Waals surface area contributed by atoms with Crippen LogP contribution in [0.4, 0.5) is 0 Å². The lowest BCUT2D eigenvalue weighted by molar-refractivity contribution is 0.133. The molecule has 3 heteroatoms. The van der Waals surface area contributed by atoms with Crippen LogP contribution < -0.4 is 4.74 Å². The highest BCUT2D eigenvalue weighted by Gasteiger charge is 2.05. The van der Waals surface area contributed by atoms with Crippen LogP contribution in [0.5, 0.6) is 11.5 Å². The number of phenols is 1. The predicted molar refractivity (Wildman–Crippen MR) is 79.2 cm³/mol. The molecule has 0 radical (unpaired) electrons. The summed E-state index contributed by atoms with van der Waals surface area (Å²) < 4.78 is 10.6. The van der Waals surface area contributed by atoms with Crippen LogP contribution in [0.2, 0.25) is 0 Å². The Bertz CT molecular complexity index is 547. The number of phenolic OH excluding ortho intramolecular Hbond substituents is 1. The number of aromatic hydroxyl groups is 1. The van der Waals surface area contributed by atoms with E-state index in [1.807, 2.05) is 25.1 Å². The predicted octanol–water partition coefficient (Wildman–Crippen LogP) is 3.53. The van der Waals surface area contributed by atoms with Gasteiger partial charge in [-0.25, -0.2) is 0 Å². The number of methoxy groups -OCH3 is 1. The van der Waals surface area contributed by atoms with E-state index in [0.717, 1.165) is 17.7 Å². The summed E-state index contributed by atoms with van der Waals surface area (Å²) in [5, 5.41) is 9.60. The molecule has 0 aliphatic carbocycles. The Balaban J connectivity index is 2.18. The van der Waals surface area contributed by atoms with Crippen LogP contribution in [0, 0.1) is 0 Å². The van der Waals surface area contributed by atoms with Gasteiger partial charge in [-0.3, -0.25) is 0 Å². The van der Waals surface area contributed by atoms with Crippen molar-refractivity contribution in [1.29, 1.82) is 0 Å². The molecule has 0 aliphatic rings. The number of hydrogen-bond donors (Lipinski definition) is 1. The highest BCUT2D eigenvalue weighted by molar-refractivity contribution is 5.38. The summed E-state index contributed by atoms with van der Waals surface area (Å²) in [6.07, 6.45) is 0.812. The molecule has 0 amide bonds.